The van der Waals surface area contributed by atoms with Gasteiger partial charge in [-0.05, 0) is 19.2 Å². The molecule has 0 saturated carbocycles. The summed E-state index contributed by atoms with van der Waals surface area (Å²) in [4.78, 5) is 1.71. The normalized spacial score (nSPS) is 13.9. The summed E-state index contributed by atoms with van der Waals surface area (Å²) in [5.41, 5.74) is 5.46. The Labute approximate surface area is 105 Å². The third-order valence-electron chi connectivity index (χ3n) is 2.70. The fourth-order valence-corrected chi connectivity index (χ4v) is 1.68. The Bertz CT molecular complexity index is 417. The molecule has 6 heteroatoms. The monoisotopic (exact) mass is 257 g/mol. The molecule has 18 heavy (non-hydrogen) atoms. The predicted octanol–water partition coefficient (Wildman–Crippen LogP) is 1.78. The first-order valence-corrected chi connectivity index (χ1v) is 5.54. The quantitative estimate of drug-likeness (QED) is 0.366. The predicted molar refractivity (Wildman–Crippen MR) is 65.3 cm³/mol. The van der Waals surface area contributed by atoms with Gasteiger partial charge in [0.15, 0.2) is 0 Å². The Balaban J connectivity index is 2.68. The van der Waals surface area contributed by atoms with E-state index in [2.05, 4.69) is 5.16 Å². The van der Waals surface area contributed by atoms with Gasteiger partial charge >= 0.3 is 0 Å². The highest BCUT2D eigenvalue weighted by molar-refractivity contribution is 5.82. The van der Waals surface area contributed by atoms with Crippen molar-refractivity contribution in [1.82, 2.24) is 4.90 Å². The van der Waals surface area contributed by atoms with E-state index in [-0.39, 0.29) is 23.9 Å². The molecule has 0 radical (unpaired) electrons. The van der Waals surface area contributed by atoms with Crippen LogP contribution in [0.2, 0.25) is 0 Å². The largest absolute Gasteiger partial charge is 0.409 e. The van der Waals surface area contributed by atoms with Crippen molar-refractivity contribution < 1.29 is 14.0 Å². The SMILES string of the molecule is CC(CN(C)Cc1c(F)cccc1F)/C(N)=N/O. The Kier molecular flexibility index (Phi) is 5.03. The average molecular weight is 257 g/mol. The minimum atomic E-state index is -0.571. The van der Waals surface area contributed by atoms with E-state index in [0.29, 0.717) is 6.54 Å². The summed E-state index contributed by atoms with van der Waals surface area (Å²) in [6, 6.07) is 3.77. The first-order chi connectivity index (χ1) is 8.45. The van der Waals surface area contributed by atoms with Crippen LogP contribution in [0.1, 0.15) is 12.5 Å². The van der Waals surface area contributed by atoms with Crippen molar-refractivity contribution in [2.24, 2.45) is 16.8 Å². The number of rotatable bonds is 5. The number of amidine groups is 1. The summed E-state index contributed by atoms with van der Waals surface area (Å²) >= 11 is 0. The topological polar surface area (TPSA) is 61.8 Å². The van der Waals surface area contributed by atoms with E-state index in [1.807, 2.05) is 0 Å². The first-order valence-electron chi connectivity index (χ1n) is 5.54. The number of halogens is 2. The lowest BCUT2D eigenvalue weighted by Crippen LogP contribution is -2.32. The molecule has 0 aliphatic carbocycles. The summed E-state index contributed by atoms with van der Waals surface area (Å²) in [6.07, 6.45) is 0. The third kappa shape index (κ3) is 3.66. The van der Waals surface area contributed by atoms with Gasteiger partial charge in [-0.25, -0.2) is 8.78 Å². The van der Waals surface area contributed by atoms with Gasteiger partial charge in [0.25, 0.3) is 0 Å². The lowest BCUT2D eigenvalue weighted by Gasteiger charge is -2.21. The Hall–Kier alpha value is -1.69. The Morgan fingerprint density at radius 3 is 2.50 bits per heavy atom. The Morgan fingerprint density at radius 1 is 1.44 bits per heavy atom. The van der Waals surface area contributed by atoms with Gasteiger partial charge in [0, 0.05) is 24.6 Å². The van der Waals surface area contributed by atoms with Crippen LogP contribution in [0.4, 0.5) is 8.78 Å². The van der Waals surface area contributed by atoms with Crippen LogP contribution < -0.4 is 5.73 Å². The minimum absolute atomic E-state index is 0.0201. The molecule has 0 saturated heterocycles. The standard InChI is InChI=1S/C12H17F2N3O/c1-8(12(15)16-18)6-17(2)7-9-10(13)4-3-5-11(9)14/h3-5,8,18H,6-7H2,1-2H3,(H2,15,16). The zero-order valence-corrected chi connectivity index (χ0v) is 10.4. The lowest BCUT2D eigenvalue weighted by atomic mass is 10.1. The van der Waals surface area contributed by atoms with Crippen molar-refractivity contribution in [3.05, 3.63) is 35.4 Å². The molecule has 0 fully saturated rings. The molecular weight excluding hydrogens is 240 g/mol. The van der Waals surface area contributed by atoms with E-state index >= 15 is 0 Å². The molecule has 0 heterocycles. The molecule has 1 aromatic rings. The highest BCUT2D eigenvalue weighted by Gasteiger charge is 2.14. The van der Waals surface area contributed by atoms with Gasteiger partial charge in [0.05, 0.1) is 0 Å². The van der Waals surface area contributed by atoms with Crippen molar-refractivity contribution in [3.63, 3.8) is 0 Å². The van der Waals surface area contributed by atoms with Crippen LogP contribution in [0.15, 0.2) is 23.4 Å². The van der Waals surface area contributed by atoms with Gasteiger partial charge < -0.3 is 15.8 Å². The molecule has 1 rings (SSSR count). The van der Waals surface area contributed by atoms with Gasteiger partial charge in [-0.1, -0.05) is 18.1 Å². The number of benzene rings is 1. The van der Waals surface area contributed by atoms with E-state index < -0.39 is 11.6 Å². The second-order valence-electron chi connectivity index (χ2n) is 4.32. The second kappa shape index (κ2) is 6.30. The van der Waals surface area contributed by atoms with Crippen molar-refractivity contribution in [2.75, 3.05) is 13.6 Å². The molecule has 0 amide bonds. The molecule has 3 N–H and O–H groups in total. The molecule has 0 bridgehead atoms. The van der Waals surface area contributed by atoms with E-state index in [4.69, 9.17) is 10.9 Å². The zero-order chi connectivity index (χ0) is 13.7. The summed E-state index contributed by atoms with van der Waals surface area (Å²) < 4.78 is 26.8. The fourth-order valence-electron chi connectivity index (χ4n) is 1.68. The molecule has 0 aromatic heterocycles. The molecule has 0 spiro atoms. The molecule has 4 nitrogen and oxygen atoms in total. The summed E-state index contributed by atoms with van der Waals surface area (Å²) in [6.45, 7) is 2.33. The highest BCUT2D eigenvalue weighted by atomic mass is 19.1. The molecular formula is C12H17F2N3O. The number of nitrogens with two attached hydrogens (primary N) is 1. The minimum Gasteiger partial charge on any atom is -0.409 e. The van der Waals surface area contributed by atoms with Crippen molar-refractivity contribution >= 4 is 5.84 Å². The summed E-state index contributed by atoms with van der Waals surface area (Å²) in [7, 11) is 1.72. The van der Waals surface area contributed by atoms with Crippen LogP contribution in [0.25, 0.3) is 0 Å². The molecule has 1 unspecified atom stereocenters. The molecule has 1 aromatic carbocycles. The lowest BCUT2D eigenvalue weighted by molar-refractivity contribution is 0.284. The Morgan fingerprint density at radius 2 is 2.00 bits per heavy atom. The number of hydrogen-bond acceptors (Lipinski definition) is 3. The summed E-state index contributed by atoms with van der Waals surface area (Å²) in [5, 5.41) is 11.4. The average Bonchev–Trinajstić information content (AvgIpc) is 2.32. The fraction of sp³-hybridized carbons (Fsp3) is 0.417. The maximum absolute atomic E-state index is 13.4. The van der Waals surface area contributed by atoms with Crippen LogP contribution in [0, 0.1) is 17.6 Å². The van der Waals surface area contributed by atoms with Gasteiger partial charge in [0.2, 0.25) is 0 Å². The number of nitrogens with zero attached hydrogens (tertiary/aromatic N) is 2. The van der Waals surface area contributed by atoms with E-state index in [1.165, 1.54) is 18.2 Å². The zero-order valence-electron chi connectivity index (χ0n) is 10.4. The van der Waals surface area contributed by atoms with Crippen LogP contribution >= 0.6 is 0 Å². The van der Waals surface area contributed by atoms with Gasteiger partial charge in [-0.3, -0.25) is 0 Å². The van der Waals surface area contributed by atoms with Crippen LogP contribution in [0.3, 0.4) is 0 Å². The second-order valence-corrected chi connectivity index (χ2v) is 4.32. The van der Waals surface area contributed by atoms with Gasteiger partial charge in [-0.15, -0.1) is 0 Å². The third-order valence-corrected chi connectivity index (χ3v) is 2.70. The van der Waals surface area contributed by atoms with E-state index in [1.54, 1.807) is 18.9 Å². The van der Waals surface area contributed by atoms with E-state index in [9.17, 15) is 8.78 Å². The smallest absolute Gasteiger partial charge is 0.143 e. The van der Waals surface area contributed by atoms with Crippen molar-refractivity contribution in [2.45, 2.75) is 13.5 Å². The summed E-state index contributed by atoms with van der Waals surface area (Å²) in [5.74, 6) is -1.25. The number of hydrogen-bond donors (Lipinski definition) is 2. The first kappa shape index (κ1) is 14.4. The molecule has 100 valence electrons. The molecule has 0 aliphatic heterocycles. The van der Waals surface area contributed by atoms with Crippen molar-refractivity contribution in [3.8, 4) is 0 Å². The van der Waals surface area contributed by atoms with Crippen LogP contribution in [-0.2, 0) is 6.54 Å². The maximum Gasteiger partial charge on any atom is 0.143 e. The van der Waals surface area contributed by atoms with Crippen LogP contribution in [-0.4, -0.2) is 29.5 Å². The molecule has 1 atom stereocenters. The molecule has 0 aliphatic rings. The number of oxime groups is 1. The highest BCUT2D eigenvalue weighted by Crippen LogP contribution is 2.14. The maximum atomic E-state index is 13.4. The van der Waals surface area contributed by atoms with E-state index in [0.717, 1.165) is 0 Å². The van der Waals surface area contributed by atoms with Crippen LogP contribution in [0.5, 0.6) is 0 Å². The van der Waals surface area contributed by atoms with Crippen molar-refractivity contribution in [1.29, 1.82) is 0 Å². The van der Waals surface area contributed by atoms with Gasteiger partial charge in [0.1, 0.15) is 17.5 Å². The van der Waals surface area contributed by atoms with Gasteiger partial charge in [-0.2, -0.15) is 0 Å².